The molecule has 1 N–H and O–H groups in total. The second-order valence-corrected chi connectivity index (χ2v) is 5.24. The Balaban J connectivity index is 2.11. The van der Waals surface area contributed by atoms with Gasteiger partial charge in [-0.2, -0.15) is 9.64 Å². The van der Waals surface area contributed by atoms with Crippen molar-refractivity contribution >= 4 is 27.9 Å². The monoisotopic (exact) mass is 249 g/mol. The van der Waals surface area contributed by atoms with Gasteiger partial charge in [0.15, 0.2) is 0 Å². The van der Waals surface area contributed by atoms with Gasteiger partial charge in [-0.05, 0) is 42.4 Å². The number of hydrogen-bond donors (Lipinski definition) is 1. The molecule has 0 aromatic carbocycles. The third kappa shape index (κ3) is 2.08. The summed E-state index contributed by atoms with van der Waals surface area (Å²) in [6, 6.07) is 4.28. The van der Waals surface area contributed by atoms with Crippen LogP contribution in [-0.4, -0.2) is 4.37 Å². The molecule has 0 amide bonds. The molecule has 2 aromatic rings. The van der Waals surface area contributed by atoms with E-state index in [1.165, 1.54) is 22.0 Å². The lowest BCUT2D eigenvalue weighted by atomic mass is 10.2. The summed E-state index contributed by atoms with van der Waals surface area (Å²) in [6.07, 6.45) is 0. The minimum absolute atomic E-state index is 0.666. The van der Waals surface area contributed by atoms with Crippen LogP contribution in [0.1, 0.15) is 21.7 Å². The molecule has 0 aliphatic rings. The van der Waals surface area contributed by atoms with E-state index in [9.17, 15) is 0 Å². The van der Waals surface area contributed by atoms with Gasteiger partial charge >= 0.3 is 0 Å². The Morgan fingerprint density at radius 2 is 2.31 bits per heavy atom. The van der Waals surface area contributed by atoms with E-state index in [2.05, 4.69) is 34.1 Å². The van der Waals surface area contributed by atoms with Crippen molar-refractivity contribution in [3.63, 3.8) is 0 Å². The van der Waals surface area contributed by atoms with Crippen LogP contribution in [0.25, 0.3) is 0 Å². The fourth-order valence-electron chi connectivity index (χ4n) is 1.37. The molecule has 0 saturated heterocycles. The summed E-state index contributed by atoms with van der Waals surface area (Å²) >= 11 is 3.08. The van der Waals surface area contributed by atoms with Gasteiger partial charge in [-0.1, -0.05) is 0 Å². The van der Waals surface area contributed by atoms with Crippen LogP contribution >= 0.6 is 22.9 Å². The molecule has 0 radical (unpaired) electrons. The van der Waals surface area contributed by atoms with Gasteiger partial charge in [0.2, 0.25) is 0 Å². The van der Waals surface area contributed by atoms with Crippen molar-refractivity contribution in [3.8, 4) is 6.07 Å². The number of nitrogens with zero attached hydrogens (tertiary/aromatic N) is 2. The summed E-state index contributed by atoms with van der Waals surface area (Å²) in [4.78, 5) is 1.30. The highest BCUT2D eigenvalue weighted by Gasteiger charge is 2.10. The van der Waals surface area contributed by atoms with Crippen molar-refractivity contribution in [1.29, 1.82) is 5.26 Å². The molecule has 0 atom stereocenters. The lowest BCUT2D eigenvalue weighted by Gasteiger charge is -2.02. The summed E-state index contributed by atoms with van der Waals surface area (Å²) in [5.74, 6) is 0. The van der Waals surface area contributed by atoms with E-state index in [1.54, 1.807) is 11.3 Å². The number of nitriles is 1. The molecule has 82 valence electrons. The summed E-state index contributed by atoms with van der Waals surface area (Å²) < 4.78 is 4.17. The highest BCUT2D eigenvalue weighted by Crippen LogP contribution is 2.25. The van der Waals surface area contributed by atoms with Crippen LogP contribution < -0.4 is 5.32 Å². The Hall–Kier alpha value is -1.38. The summed E-state index contributed by atoms with van der Waals surface area (Å²) in [5, 5.41) is 15.2. The van der Waals surface area contributed by atoms with Crippen LogP contribution in [0.2, 0.25) is 0 Å². The first kappa shape index (κ1) is 11.1. The van der Waals surface area contributed by atoms with Crippen molar-refractivity contribution in [2.24, 2.45) is 0 Å². The topological polar surface area (TPSA) is 48.7 Å². The van der Waals surface area contributed by atoms with Crippen molar-refractivity contribution < 1.29 is 0 Å². The van der Waals surface area contributed by atoms with Crippen molar-refractivity contribution in [3.05, 3.63) is 33.1 Å². The highest BCUT2D eigenvalue weighted by molar-refractivity contribution is 7.11. The Morgan fingerprint density at radius 1 is 1.50 bits per heavy atom. The molecule has 0 spiro atoms. The van der Waals surface area contributed by atoms with Gasteiger partial charge in [0.1, 0.15) is 16.6 Å². The van der Waals surface area contributed by atoms with Gasteiger partial charge in [-0.15, -0.1) is 11.3 Å². The number of aryl methyl sites for hydroxylation is 2. The maximum atomic E-state index is 8.98. The molecule has 16 heavy (non-hydrogen) atoms. The van der Waals surface area contributed by atoms with Crippen LogP contribution in [0.3, 0.4) is 0 Å². The van der Waals surface area contributed by atoms with E-state index >= 15 is 0 Å². The number of hydrogen-bond acceptors (Lipinski definition) is 5. The lowest BCUT2D eigenvalue weighted by Crippen LogP contribution is -1.98. The molecule has 0 saturated carbocycles. The molecule has 0 aliphatic carbocycles. The molecule has 0 unspecified atom stereocenters. The normalized spacial score (nSPS) is 10.1. The highest BCUT2D eigenvalue weighted by atomic mass is 32.1. The number of anilines is 1. The minimum atomic E-state index is 0.666. The molecule has 2 heterocycles. The van der Waals surface area contributed by atoms with Gasteiger partial charge in [0, 0.05) is 4.88 Å². The zero-order valence-corrected chi connectivity index (χ0v) is 10.7. The van der Waals surface area contributed by atoms with Crippen LogP contribution in [-0.2, 0) is 6.54 Å². The number of aromatic nitrogens is 1. The third-order valence-corrected chi connectivity index (χ3v) is 4.27. The molecule has 3 nitrogen and oxygen atoms in total. The predicted octanol–water partition coefficient (Wildman–Crippen LogP) is 3.31. The second kappa shape index (κ2) is 4.64. The first-order valence-corrected chi connectivity index (χ1v) is 6.51. The average molecular weight is 249 g/mol. The van der Waals surface area contributed by atoms with Gasteiger partial charge in [0.05, 0.1) is 12.2 Å². The first-order valence-electron chi connectivity index (χ1n) is 4.85. The quantitative estimate of drug-likeness (QED) is 0.908. The fourth-order valence-corrected chi connectivity index (χ4v) is 2.95. The molecule has 0 bridgehead atoms. The second-order valence-electron chi connectivity index (χ2n) is 3.46. The van der Waals surface area contributed by atoms with E-state index in [4.69, 9.17) is 5.26 Å². The Labute approximate surface area is 103 Å². The molecule has 2 aromatic heterocycles. The van der Waals surface area contributed by atoms with E-state index < -0.39 is 0 Å². The fraction of sp³-hybridized carbons (Fsp3) is 0.273. The van der Waals surface area contributed by atoms with Crippen LogP contribution in [0.4, 0.5) is 5.00 Å². The SMILES string of the molecule is Cc1ccsc1CNc1snc(C)c1C#N. The maximum absolute atomic E-state index is 8.98. The van der Waals surface area contributed by atoms with E-state index in [1.807, 2.05) is 6.92 Å². The first-order chi connectivity index (χ1) is 7.72. The van der Waals surface area contributed by atoms with E-state index in [0.717, 1.165) is 17.2 Å². The summed E-state index contributed by atoms with van der Waals surface area (Å²) in [6.45, 7) is 4.72. The Bertz CT molecular complexity index is 534. The molecular formula is C11H11N3S2. The average Bonchev–Trinajstić information content (AvgIpc) is 2.82. The predicted molar refractivity (Wildman–Crippen MR) is 67.9 cm³/mol. The smallest absolute Gasteiger partial charge is 0.128 e. The zero-order valence-electron chi connectivity index (χ0n) is 9.07. The van der Waals surface area contributed by atoms with Gasteiger partial charge in [0.25, 0.3) is 0 Å². The minimum Gasteiger partial charge on any atom is -0.370 e. The van der Waals surface area contributed by atoms with Crippen molar-refractivity contribution in [1.82, 2.24) is 4.37 Å². The van der Waals surface area contributed by atoms with Gasteiger partial charge in [-0.3, -0.25) is 0 Å². The number of thiophene rings is 1. The summed E-state index contributed by atoms with van der Waals surface area (Å²) in [5.41, 5.74) is 2.76. The molecule has 0 fully saturated rings. The zero-order chi connectivity index (χ0) is 11.5. The largest absolute Gasteiger partial charge is 0.370 e. The van der Waals surface area contributed by atoms with Crippen LogP contribution in [0, 0.1) is 25.2 Å². The molecule has 2 rings (SSSR count). The van der Waals surface area contributed by atoms with E-state index in [0.29, 0.717) is 5.56 Å². The third-order valence-electron chi connectivity index (χ3n) is 2.35. The van der Waals surface area contributed by atoms with Crippen molar-refractivity contribution in [2.75, 3.05) is 5.32 Å². The molecular weight excluding hydrogens is 238 g/mol. The lowest BCUT2D eigenvalue weighted by molar-refractivity contribution is 1.17. The molecule has 0 aliphatic heterocycles. The number of nitrogens with one attached hydrogen (secondary N) is 1. The van der Waals surface area contributed by atoms with Crippen LogP contribution in [0.5, 0.6) is 0 Å². The van der Waals surface area contributed by atoms with E-state index in [-0.39, 0.29) is 0 Å². The van der Waals surface area contributed by atoms with Gasteiger partial charge in [-0.25, -0.2) is 0 Å². The standard InChI is InChI=1S/C11H11N3S2/c1-7-3-4-15-10(7)6-13-11-9(5-12)8(2)14-16-11/h3-4,13H,6H2,1-2H3. The van der Waals surface area contributed by atoms with Crippen molar-refractivity contribution in [2.45, 2.75) is 20.4 Å². The Morgan fingerprint density at radius 3 is 2.94 bits per heavy atom. The van der Waals surface area contributed by atoms with Crippen LogP contribution in [0.15, 0.2) is 11.4 Å². The Kier molecular flexibility index (Phi) is 3.22. The maximum Gasteiger partial charge on any atom is 0.128 e. The molecule has 5 heteroatoms. The summed E-state index contributed by atoms with van der Waals surface area (Å²) in [7, 11) is 0. The number of rotatable bonds is 3. The van der Waals surface area contributed by atoms with Gasteiger partial charge < -0.3 is 5.32 Å².